The van der Waals surface area contributed by atoms with Gasteiger partial charge in [0.1, 0.15) is 0 Å². The van der Waals surface area contributed by atoms with Crippen LogP contribution in [0.15, 0.2) is 0 Å². The third-order valence-electron chi connectivity index (χ3n) is 2.95. The van der Waals surface area contributed by atoms with Crippen molar-refractivity contribution < 1.29 is 0 Å². The van der Waals surface area contributed by atoms with Gasteiger partial charge in [-0.1, -0.05) is 20.8 Å². The lowest BCUT2D eigenvalue weighted by molar-refractivity contribution is 0.576. The fourth-order valence-corrected chi connectivity index (χ4v) is 3.78. The van der Waals surface area contributed by atoms with Crippen molar-refractivity contribution in [3.05, 3.63) is 16.0 Å². The van der Waals surface area contributed by atoms with Crippen LogP contribution in [0, 0.1) is 0 Å². The maximum absolute atomic E-state index is 6.13. The quantitative estimate of drug-likeness (QED) is 0.695. The van der Waals surface area contributed by atoms with E-state index in [-0.39, 0.29) is 5.41 Å². The van der Waals surface area contributed by atoms with E-state index in [0.29, 0.717) is 0 Å². The zero-order valence-electron chi connectivity index (χ0n) is 9.31. The molecule has 0 fully saturated rings. The molecule has 0 radical (unpaired) electrons. The molecule has 1 heterocycles. The largest absolute Gasteiger partial charge is 0.390 e. The van der Waals surface area contributed by atoms with Gasteiger partial charge < -0.3 is 5.73 Å². The summed E-state index contributed by atoms with van der Waals surface area (Å²) in [6.07, 6.45) is 5.18. The number of thiophene rings is 1. The highest BCUT2D eigenvalue weighted by atomic mass is 32.1. The molecule has 0 saturated heterocycles. The number of rotatable bonds is 0. The van der Waals surface area contributed by atoms with Crippen LogP contribution >= 0.6 is 11.3 Å². The predicted molar refractivity (Wildman–Crippen MR) is 64.1 cm³/mol. The van der Waals surface area contributed by atoms with Gasteiger partial charge in [0.05, 0.1) is 5.00 Å². The first-order valence-corrected chi connectivity index (χ1v) is 6.22. The highest BCUT2D eigenvalue weighted by Gasteiger charge is 2.26. The summed E-state index contributed by atoms with van der Waals surface area (Å²) in [5, 5.41) is 1.06. The van der Waals surface area contributed by atoms with Crippen molar-refractivity contribution in [2.75, 3.05) is 5.73 Å². The summed E-state index contributed by atoms with van der Waals surface area (Å²) in [7, 11) is 0. The van der Waals surface area contributed by atoms with E-state index in [9.17, 15) is 0 Å². The summed E-state index contributed by atoms with van der Waals surface area (Å²) in [6, 6.07) is 0. The third kappa shape index (κ3) is 1.56. The van der Waals surface area contributed by atoms with Gasteiger partial charge in [-0.05, 0) is 42.2 Å². The Bertz CT molecular complexity index is 344. The number of hydrogen-bond donors (Lipinski definition) is 1. The van der Waals surface area contributed by atoms with E-state index in [1.165, 1.54) is 31.2 Å². The molecular formula is C12H19NS. The first-order chi connectivity index (χ1) is 6.50. The second-order valence-corrected chi connectivity index (χ2v) is 6.34. The molecule has 1 aliphatic rings. The number of nitrogen functional groups attached to an aromatic ring is 1. The minimum atomic E-state index is 0.214. The Balaban J connectivity index is 2.53. The van der Waals surface area contributed by atoms with E-state index < -0.39 is 0 Å². The van der Waals surface area contributed by atoms with E-state index in [4.69, 9.17) is 5.73 Å². The van der Waals surface area contributed by atoms with Gasteiger partial charge in [-0.15, -0.1) is 11.3 Å². The molecule has 1 aliphatic carbocycles. The molecule has 0 atom stereocenters. The van der Waals surface area contributed by atoms with Crippen molar-refractivity contribution >= 4 is 16.3 Å². The molecule has 0 aromatic carbocycles. The molecule has 14 heavy (non-hydrogen) atoms. The van der Waals surface area contributed by atoms with Gasteiger partial charge in [-0.25, -0.2) is 0 Å². The molecule has 2 heteroatoms. The average molecular weight is 209 g/mol. The summed E-state index contributed by atoms with van der Waals surface area (Å²) in [5.41, 5.74) is 9.34. The Morgan fingerprint density at radius 1 is 1.14 bits per heavy atom. The van der Waals surface area contributed by atoms with Gasteiger partial charge in [-0.3, -0.25) is 0 Å². The Morgan fingerprint density at radius 2 is 1.79 bits per heavy atom. The van der Waals surface area contributed by atoms with Crippen LogP contribution < -0.4 is 5.73 Å². The van der Waals surface area contributed by atoms with Crippen molar-refractivity contribution in [2.24, 2.45) is 0 Å². The fraction of sp³-hybridized carbons (Fsp3) is 0.667. The second kappa shape index (κ2) is 3.27. The van der Waals surface area contributed by atoms with Crippen LogP contribution in [0.2, 0.25) is 0 Å². The summed E-state index contributed by atoms with van der Waals surface area (Å²) in [4.78, 5) is 1.55. The highest BCUT2D eigenvalue weighted by Crippen LogP contribution is 2.42. The van der Waals surface area contributed by atoms with E-state index in [2.05, 4.69) is 20.8 Å². The summed E-state index contributed by atoms with van der Waals surface area (Å²) >= 11 is 1.82. The molecule has 0 amide bonds. The SMILES string of the molecule is CC(C)(C)c1c(N)sc2c1CCCC2. The third-order valence-corrected chi connectivity index (χ3v) is 4.07. The highest BCUT2D eigenvalue weighted by molar-refractivity contribution is 7.16. The average Bonchev–Trinajstić information content (AvgIpc) is 2.38. The second-order valence-electron chi connectivity index (χ2n) is 5.20. The van der Waals surface area contributed by atoms with Crippen LogP contribution in [0.1, 0.15) is 49.6 Å². The first-order valence-electron chi connectivity index (χ1n) is 5.40. The van der Waals surface area contributed by atoms with E-state index in [0.717, 1.165) is 5.00 Å². The van der Waals surface area contributed by atoms with Crippen LogP contribution in [-0.2, 0) is 18.3 Å². The zero-order chi connectivity index (χ0) is 10.3. The summed E-state index contributed by atoms with van der Waals surface area (Å²) in [5.74, 6) is 0. The monoisotopic (exact) mass is 209 g/mol. The Morgan fingerprint density at radius 3 is 2.43 bits per heavy atom. The standard InChI is InChI=1S/C12H19NS/c1-12(2,3)10-8-6-4-5-7-9(8)14-11(10)13/h4-7,13H2,1-3H3. The lowest BCUT2D eigenvalue weighted by atomic mass is 9.82. The summed E-state index contributed by atoms with van der Waals surface area (Å²) < 4.78 is 0. The Hall–Kier alpha value is -0.500. The van der Waals surface area contributed by atoms with Gasteiger partial charge in [0, 0.05) is 4.88 Å². The van der Waals surface area contributed by atoms with Crippen molar-refractivity contribution in [1.29, 1.82) is 0 Å². The van der Waals surface area contributed by atoms with Crippen molar-refractivity contribution in [2.45, 2.75) is 51.9 Å². The summed E-state index contributed by atoms with van der Waals surface area (Å²) in [6.45, 7) is 6.79. The van der Waals surface area contributed by atoms with Crippen molar-refractivity contribution in [3.8, 4) is 0 Å². The molecule has 1 aromatic heterocycles. The normalized spacial score (nSPS) is 16.8. The van der Waals surface area contributed by atoms with Crippen molar-refractivity contribution in [1.82, 2.24) is 0 Å². The molecule has 0 bridgehead atoms. The minimum absolute atomic E-state index is 0.214. The molecule has 78 valence electrons. The molecule has 0 aliphatic heterocycles. The first kappa shape index (κ1) is 10.0. The smallest absolute Gasteiger partial charge is 0.0900 e. The van der Waals surface area contributed by atoms with Crippen LogP contribution in [-0.4, -0.2) is 0 Å². The van der Waals surface area contributed by atoms with E-state index >= 15 is 0 Å². The minimum Gasteiger partial charge on any atom is -0.390 e. The molecule has 0 saturated carbocycles. The molecular weight excluding hydrogens is 190 g/mol. The predicted octanol–water partition coefficient (Wildman–Crippen LogP) is 3.51. The van der Waals surface area contributed by atoms with Gasteiger partial charge in [0.15, 0.2) is 0 Å². The van der Waals surface area contributed by atoms with Crippen LogP contribution in [0.5, 0.6) is 0 Å². The molecule has 0 unspecified atom stereocenters. The maximum atomic E-state index is 6.13. The number of hydrogen-bond acceptors (Lipinski definition) is 2. The van der Waals surface area contributed by atoms with Crippen LogP contribution in [0.4, 0.5) is 5.00 Å². The van der Waals surface area contributed by atoms with Gasteiger partial charge in [-0.2, -0.15) is 0 Å². The molecule has 1 nitrogen and oxygen atoms in total. The van der Waals surface area contributed by atoms with Gasteiger partial charge in [0.2, 0.25) is 0 Å². The maximum Gasteiger partial charge on any atom is 0.0900 e. The fourth-order valence-electron chi connectivity index (χ4n) is 2.41. The molecule has 1 aromatic rings. The van der Waals surface area contributed by atoms with Crippen LogP contribution in [0.25, 0.3) is 0 Å². The number of aryl methyl sites for hydroxylation is 1. The number of anilines is 1. The topological polar surface area (TPSA) is 26.0 Å². The lowest BCUT2D eigenvalue weighted by Gasteiger charge is -2.22. The van der Waals surface area contributed by atoms with E-state index in [1.807, 2.05) is 11.3 Å². The number of fused-ring (bicyclic) bond motifs is 1. The number of nitrogens with two attached hydrogens (primary N) is 1. The Labute approximate surface area is 90.3 Å². The lowest BCUT2D eigenvalue weighted by Crippen LogP contribution is -2.16. The zero-order valence-corrected chi connectivity index (χ0v) is 10.1. The molecule has 2 rings (SSSR count). The van der Waals surface area contributed by atoms with Crippen LogP contribution in [0.3, 0.4) is 0 Å². The van der Waals surface area contributed by atoms with E-state index in [1.54, 1.807) is 10.4 Å². The Kier molecular flexibility index (Phi) is 2.34. The van der Waals surface area contributed by atoms with Gasteiger partial charge >= 0.3 is 0 Å². The molecule has 2 N–H and O–H groups in total. The van der Waals surface area contributed by atoms with Gasteiger partial charge in [0.25, 0.3) is 0 Å². The van der Waals surface area contributed by atoms with Crippen molar-refractivity contribution in [3.63, 3.8) is 0 Å². The molecule has 0 spiro atoms.